The normalized spacial score (nSPS) is 10.8. The summed E-state index contributed by atoms with van der Waals surface area (Å²) in [5.41, 5.74) is 1.23. The van der Waals surface area contributed by atoms with E-state index in [-0.39, 0.29) is 29.6 Å². The molecule has 0 aliphatic heterocycles. The standard InChI is InChI=1S/C20H18N6O4/c27-17(8-3-9-21-20(29)16-7-4-10-30-16)25-14-5-1-2-6-15(14)26-18-13(11-24-26)19(28)23-12-22-18/h1-2,4-7,10-12H,3,8-9H2,(H,21,29)(H,25,27)(H,22,23,28). The molecule has 10 heteroatoms. The van der Waals surface area contributed by atoms with Crippen LogP contribution in [0.15, 0.2) is 64.4 Å². The molecule has 0 spiro atoms. The van der Waals surface area contributed by atoms with Gasteiger partial charge in [-0.05, 0) is 30.7 Å². The Morgan fingerprint density at radius 3 is 2.87 bits per heavy atom. The molecule has 3 N–H and O–H groups in total. The van der Waals surface area contributed by atoms with Gasteiger partial charge in [0.2, 0.25) is 5.91 Å². The first-order valence-corrected chi connectivity index (χ1v) is 9.26. The molecule has 4 aromatic rings. The van der Waals surface area contributed by atoms with Crippen molar-refractivity contribution in [2.24, 2.45) is 0 Å². The van der Waals surface area contributed by atoms with Crippen LogP contribution in [0.1, 0.15) is 23.4 Å². The van der Waals surface area contributed by atoms with Gasteiger partial charge in [0, 0.05) is 13.0 Å². The monoisotopic (exact) mass is 406 g/mol. The molecule has 0 aliphatic rings. The molecular formula is C20H18N6O4. The van der Waals surface area contributed by atoms with Crippen LogP contribution in [0.25, 0.3) is 16.7 Å². The van der Waals surface area contributed by atoms with Crippen molar-refractivity contribution < 1.29 is 14.0 Å². The van der Waals surface area contributed by atoms with Gasteiger partial charge in [-0.2, -0.15) is 5.10 Å². The van der Waals surface area contributed by atoms with Crippen LogP contribution in [0.2, 0.25) is 0 Å². The average Bonchev–Trinajstić information content (AvgIpc) is 3.42. The van der Waals surface area contributed by atoms with Crippen molar-refractivity contribution in [3.05, 3.63) is 71.3 Å². The molecule has 0 fully saturated rings. The zero-order chi connectivity index (χ0) is 20.9. The Labute approximate surface area is 169 Å². The van der Waals surface area contributed by atoms with Crippen LogP contribution in [0.3, 0.4) is 0 Å². The molecule has 2 amide bonds. The molecule has 0 unspecified atom stereocenters. The molecule has 3 heterocycles. The summed E-state index contributed by atoms with van der Waals surface area (Å²) in [6.45, 7) is 0.338. The molecule has 4 rings (SSSR count). The molecular weight excluding hydrogens is 388 g/mol. The minimum absolute atomic E-state index is 0.211. The van der Waals surface area contributed by atoms with E-state index in [1.165, 1.54) is 23.5 Å². The minimum Gasteiger partial charge on any atom is -0.459 e. The Kier molecular flexibility index (Phi) is 5.37. The predicted molar refractivity (Wildman–Crippen MR) is 108 cm³/mol. The summed E-state index contributed by atoms with van der Waals surface area (Å²) in [4.78, 5) is 42.8. The summed E-state index contributed by atoms with van der Waals surface area (Å²) < 4.78 is 6.52. The summed E-state index contributed by atoms with van der Waals surface area (Å²) in [5, 5.41) is 10.1. The lowest BCUT2D eigenvalue weighted by molar-refractivity contribution is -0.116. The lowest BCUT2D eigenvalue weighted by Gasteiger charge is -2.11. The number of aromatic nitrogens is 4. The zero-order valence-electron chi connectivity index (χ0n) is 15.8. The summed E-state index contributed by atoms with van der Waals surface area (Å²) in [5.74, 6) is -0.303. The van der Waals surface area contributed by atoms with Crippen molar-refractivity contribution in [3.63, 3.8) is 0 Å². The van der Waals surface area contributed by atoms with Crippen LogP contribution in [0.4, 0.5) is 5.69 Å². The Bertz CT molecular complexity index is 1240. The van der Waals surface area contributed by atoms with Crippen LogP contribution in [0.5, 0.6) is 0 Å². The maximum atomic E-state index is 12.4. The van der Waals surface area contributed by atoms with Crippen molar-refractivity contribution in [2.45, 2.75) is 12.8 Å². The first-order valence-electron chi connectivity index (χ1n) is 9.26. The van der Waals surface area contributed by atoms with Gasteiger partial charge in [-0.3, -0.25) is 14.4 Å². The number of hydrogen-bond donors (Lipinski definition) is 3. The van der Waals surface area contributed by atoms with Gasteiger partial charge in [0.25, 0.3) is 11.5 Å². The van der Waals surface area contributed by atoms with E-state index in [2.05, 4.69) is 25.7 Å². The Balaban J connectivity index is 1.40. The quantitative estimate of drug-likeness (QED) is 0.401. The number of hydrogen-bond acceptors (Lipinski definition) is 6. The maximum absolute atomic E-state index is 12.4. The van der Waals surface area contributed by atoms with Crippen molar-refractivity contribution in [2.75, 3.05) is 11.9 Å². The third-order valence-electron chi connectivity index (χ3n) is 4.39. The Morgan fingerprint density at radius 1 is 1.17 bits per heavy atom. The molecule has 30 heavy (non-hydrogen) atoms. The summed E-state index contributed by atoms with van der Waals surface area (Å²) in [7, 11) is 0. The highest BCUT2D eigenvalue weighted by molar-refractivity contribution is 5.93. The second kappa shape index (κ2) is 8.43. The van der Waals surface area contributed by atoms with Gasteiger partial charge in [-0.25, -0.2) is 9.67 Å². The Hall–Kier alpha value is -4.21. The number of benzene rings is 1. The predicted octanol–water partition coefficient (Wildman–Crippen LogP) is 1.85. The molecule has 0 bridgehead atoms. The topological polar surface area (TPSA) is 135 Å². The Morgan fingerprint density at radius 2 is 2.03 bits per heavy atom. The van der Waals surface area contributed by atoms with Crippen molar-refractivity contribution in [1.82, 2.24) is 25.1 Å². The van der Waals surface area contributed by atoms with Gasteiger partial charge in [-0.1, -0.05) is 12.1 Å². The number of aromatic amines is 1. The van der Waals surface area contributed by atoms with Crippen LogP contribution in [-0.2, 0) is 4.79 Å². The second-order valence-corrected chi connectivity index (χ2v) is 6.43. The number of amides is 2. The largest absolute Gasteiger partial charge is 0.459 e. The highest BCUT2D eigenvalue weighted by Crippen LogP contribution is 2.22. The van der Waals surface area contributed by atoms with Crippen LogP contribution in [-0.4, -0.2) is 38.1 Å². The fourth-order valence-electron chi connectivity index (χ4n) is 2.95. The van der Waals surface area contributed by atoms with Crippen molar-refractivity contribution in [3.8, 4) is 5.69 Å². The van der Waals surface area contributed by atoms with E-state index < -0.39 is 0 Å². The SMILES string of the molecule is O=C(CCCNC(=O)c1ccco1)Nc1ccccc1-n1ncc2c(=O)[nH]cnc21. The number of carbonyl (C=O) groups is 2. The van der Waals surface area contributed by atoms with Gasteiger partial charge in [0.15, 0.2) is 11.4 Å². The van der Waals surface area contributed by atoms with Crippen LogP contribution < -0.4 is 16.2 Å². The summed E-state index contributed by atoms with van der Waals surface area (Å²) >= 11 is 0. The molecule has 0 saturated carbocycles. The van der Waals surface area contributed by atoms with Gasteiger partial charge >= 0.3 is 0 Å². The fourth-order valence-corrected chi connectivity index (χ4v) is 2.95. The fraction of sp³-hybridized carbons (Fsp3) is 0.150. The number of carbonyl (C=O) groups excluding carboxylic acids is 2. The van der Waals surface area contributed by atoms with E-state index in [0.717, 1.165) is 0 Å². The molecule has 0 aliphatic carbocycles. The molecule has 0 atom stereocenters. The van der Waals surface area contributed by atoms with Gasteiger partial charge in [0.1, 0.15) is 5.39 Å². The number of para-hydroxylation sites is 2. The zero-order valence-corrected chi connectivity index (χ0v) is 15.8. The number of fused-ring (bicyclic) bond motifs is 1. The number of furan rings is 1. The first-order chi connectivity index (χ1) is 14.6. The average molecular weight is 406 g/mol. The first kappa shape index (κ1) is 19.1. The third kappa shape index (κ3) is 3.97. The minimum atomic E-state index is -0.321. The lowest BCUT2D eigenvalue weighted by Crippen LogP contribution is -2.25. The molecule has 1 aromatic carbocycles. The number of nitrogens with zero attached hydrogens (tertiary/aromatic N) is 3. The number of anilines is 1. The molecule has 3 aromatic heterocycles. The van der Waals surface area contributed by atoms with Gasteiger partial charge in [-0.15, -0.1) is 0 Å². The summed E-state index contributed by atoms with van der Waals surface area (Å²) in [6.07, 6.45) is 4.84. The smallest absolute Gasteiger partial charge is 0.286 e. The van der Waals surface area contributed by atoms with E-state index in [1.807, 2.05) is 0 Å². The van der Waals surface area contributed by atoms with Crippen LogP contribution in [0, 0.1) is 0 Å². The van der Waals surface area contributed by atoms with Crippen LogP contribution >= 0.6 is 0 Å². The molecule has 10 nitrogen and oxygen atoms in total. The molecule has 152 valence electrons. The lowest BCUT2D eigenvalue weighted by atomic mass is 10.2. The van der Waals surface area contributed by atoms with E-state index in [1.54, 1.807) is 36.4 Å². The van der Waals surface area contributed by atoms with E-state index in [4.69, 9.17) is 4.42 Å². The van der Waals surface area contributed by atoms with E-state index in [9.17, 15) is 14.4 Å². The van der Waals surface area contributed by atoms with Crippen molar-refractivity contribution in [1.29, 1.82) is 0 Å². The van der Waals surface area contributed by atoms with Crippen molar-refractivity contribution >= 4 is 28.5 Å². The maximum Gasteiger partial charge on any atom is 0.286 e. The number of nitrogens with one attached hydrogen (secondary N) is 3. The van der Waals surface area contributed by atoms with Gasteiger partial charge < -0.3 is 20.0 Å². The summed E-state index contributed by atoms with van der Waals surface area (Å²) in [6, 6.07) is 10.3. The second-order valence-electron chi connectivity index (χ2n) is 6.43. The highest BCUT2D eigenvalue weighted by atomic mass is 16.3. The van der Waals surface area contributed by atoms with Gasteiger partial charge in [0.05, 0.1) is 30.2 Å². The van der Waals surface area contributed by atoms with E-state index in [0.29, 0.717) is 35.4 Å². The molecule has 0 radical (unpaired) electrons. The highest BCUT2D eigenvalue weighted by Gasteiger charge is 2.14. The third-order valence-corrected chi connectivity index (χ3v) is 4.39. The number of rotatable bonds is 7. The van der Waals surface area contributed by atoms with E-state index >= 15 is 0 Å². The number of H-pyrrole nitrogens is 1. The molecule has 0 saturated heterocycles.